The Morgan fingerprint density at radius 1 is 0.824 bits per heavy atom. The minimum atomic E-state index is -5.63. The highest BCUT2D eigenvalue weighted by atomic mass is 19.3. The second-order valence-corrected chi connectivity index (χ2v) is 3.86. The van der Waals surface area contributed by atoms with Crippen molar-refractivity contribution in [1.29, 1.82) is 0 Å². The molecule has 1 atom stereocenters. The van der Waals surface area contributed by atoms with Crippen molar-refractivity contribution >= 4 is 0 Å². The van der Waals surface area contributed by atoms with Crippen molar-refractivity contribution in [2.45, 2.75) is 63.5 Å². The van der Waals surface area contributed by atoms with Crippen LogP contribution in [0.2, 0.25) is 0 Å². The Hall–Kier alpha value is -0.490. The molecule has 0 heterocycles. The molecule has 104 valence electrons. The predicted molar refractivity (Wildman–Crippen MR) is 49.6 cm³/mol. The van der Waals surface area contributed by atoms with Gasteiger partial charge in [-0.1, -0.05) is 32.6 Å². The number of hydrogen-bond acceptors (Lipinski definition) is 0. The fourth-order valence-electron chi connectivity index (χ4n) is 1.29. The summed E-state index contributed by atoms with van der Waals surface area (Å²) in [6.07, 6.45) is -6.86. The lowest BCUT2D eigenvalue weighted by Gasteiger charge is -2.28. The van der Waals surface area contributed by atoms with Gasteiger partial charge in [0.15, 0.2) is 6.17 Å². The number of rotatable bonds is 8. The van der Waals surface area contributed by atoms with Gasteiger partial charge in [-0.3, -0.25) is 0 Å². The lowest BCUT2D eigenvalue weighted by molar-refractivity contribution is -0.285. The molecule has 0 saturated carbocycles. The summed E-state index contributed by atoms with van der Waals surface area (Å²) >= 11 is 0. The average Bonchev–Trinajstić information content (AvgIpc) is 2.23. The fourth-order valence-corrected chi connectivity index (χ4v) is 1.29. The average molecular weight is 268 g/mol. The SMILES string of the molecule is CCCCCCC(F)C(F)(F)C(F)(F)C(F)F. The summed E-state index contributed by atoms with van der Waals surface area (Å²) in [4.78, 5) is 0. The highest BCUT2D eigenvalue weighted by Gasteiger charge is 2.66. The van der Waals surface area contributed by atoms with Gasteiger partial charge in [-0.25, -0.2) is 13.2 Å². The van der Waals surface area contributed by atoms with E-state index in [1.807, 2.05) is 6.92 Å². The molecule has 0 aliphatic rings. The third-order valence-electron chi connectivity index (χ3n) is 2.42. The molecule has 0 aliphatic carbocycles. The molecule has 0 saturated heterocycles. The van der Waals surface area contributed by atoms with Crippen LogP contribution in [0.25, 0.3) is 0 Å². The number of halogens is 7. The van der Waals surface area contributed by atoms with Gasteiger partial charge in [0.2, 0.25) is 0 Å². The van der Waals surface area contributed by atoms with Crippen LogP contribution in [0.4, 0.5) is 30.7 Å². The van der Waals surface area contributed by atoms with Gasteiger partial charge < -0.3 is 0 Å². The standard InChI is InChI=1S/C10H15F7/c1-2-3-4-5-6-7(11)9(14,15)10(16,17)8(12)13/h7-8H,2-6H2,1H3. The minimum Gasteiger partial charge on any atom is -0.241 e. The first-order valence-corrected chi connectivity index (χ1v) is 5.35. The van der Waals surface area contributed by atoms with Gasteiger partial charge in [0.25, 0.3) is 0 Å². The zero-order chi connectivity index (χ0) is 13.7. The Morgan fingerprint density at radius 3 is 1.76 bits per heavy atom. The van der Waals surface area contributed by atoms with E-state index in [1.54, 1.807) is 0 Å². The normalized spacial score (nSPS) is 15.4. The van der Waals surface area contributed by atoms with Crippen LogP contribution >= 0.6 is 0 Å². The molecule has 0 radical (unpaired) electrons. The van der Waals surface area contributed by atoms with Crippen molar-refractivity contribution in [2.24, 2.45) is 0 Å². The molecule has 0 aromatic carbocycles. The monoisotopic (exact) mass is 268 g/mol. The zero-order valence-corrected chi connectivity index (χ0v) is 9.34. The predicted octanol–water partition coefficient (Wildman–Crippen LogP) is 4.83. The highest BCUT2D eigenvalue weighted by molar-refractivity contribution is 4.92. The Bertz CT molecular complexity index is 215. The van der Waals surface area contributed by atoms with E-state index in [-0.39, 0.29) is 6.42 Å². The van der Waals surface area contributed by atoms with Gasteiger partial charge in [-0.15, -0.1) is 0 Å². The Labute approximate surface area is 95.2 Å². The van der Waals surface area contributed by atoms with Gasteiger partial charge in [0.05, 0.1) is 0 Å². The summed E-state index contributed by atoms with van der Waals surface area (Å²) in [7, 11) is 0. The highest BCUT2D eigenvalue weighted by Crippen LogP contribution is 2.43. The van der Waals surface area contributed by atoms with E-state index in [2.05, 4.69) is 0 Å². The first-order valence-electron chi connectivity index (χ1n) is 5.35. The molecule has 0 spiro atoms. The van der Waals surface area contributed by atoms with Gasteiger partial charge in [0.1, 0.15) is 0 Å². The largest absolute Gasteiger partial charge is 0.372 e. The van der Waals surface area contributed by atoms with Crippen molar-refractivity contribution in [3.05, 3.63) is 0 Å². The smallest absolute Gasteiger partial charge is 0.241 e. The molecule has 0 fully saturated rings. The van der Waals surface area contributed by atoms with E-state index in [9.17, 15) is 30.7 Å². The maximum Gasteiger partial charge on any atom is 0.372 e. The maximum atomic E-state index is 12.9. The van der Waals surface area contributed by atoms with E-state index in [4.69, 9.17) is 0 Å². The van der Waals surface area contributed by atoms with Gasteiger partial charge >= 0.3 is 18.3 Å². The molecule has 0 nitrogen and oxygen atoms in total. The molecule has 0 aromatic heterocycles. The summed E-state index contributed by atoms with van der Waals surface area (Å²) in [6, 6.07) is 0. The van der Waals surface area contributed by atoms with Gasteiger partial charge in [-0.05, 0) is 6.42 Å². The summed E-state index contributed by atoms with van der Waals surface area (Å²) in [5.74, 6) is -11.0. The molecule has 0 aliphatic heterocycles. The van der Waals surface area contributed by atoms with Gasteiger partial charge in [-0.2, -0.15) is 17.6 Å². The second kappa shape index (κ2) is 6.44. The molecule has 17 heavy (non-hydrogen) atoms. The quantitative estimate of drug-likeness (QED) is 0.437. The molecular formula is C10H15F7. The topological polar surface area (TPSA) is 0 Å². The van der Waals surface area contributed by atoms with Crippen molar-refractivity contribution in [1.82, 2.24) is 0 Å². The van der Waals surface area contributed by atoms with E-state index in [1.165, 1.54) is 0 Å². The Balaban J connectivity index is 4.38. The number of unbranched alkanes of at least 4 members (excludes halogenated alkanes) is 3. The lowest BCUT2D eigenvalue weighted by Crippen LogP contribution is -2.52. The first kappa shape index (κ1) is 16.5. The van der Waals surface area contributed by atoms with E-state index < -0.39 is 30.9 Å². The third-order valence-corrected chi connectivity index (χ3v) is 2.42. The van der Waals surface area contributed by atoms with Crippen LogP contribution in [0.1, 0.15) is 39.0 Å². The van der Waals surface area contributed by atoms with E-state index in [0.717, 1.165) is 6.42 Å². The molecular weight excluding hydrogens is 253 g/mol. The molecule has 0 rings (SSSR count). The van der Waals surface area contributed by atoms with Crippen LogP contribution in [0, 0.1) is 0 Å². The maximum absolute atomic E-state index is 12.9. The number of alkyl halides is 7. The molecule has 0 aromatic rings. The van der Waals surface area contributed by atoms with Crippen LogP contribution in [0.5, 0.6) is 0 Å². The molecule has 1 unspecified atom stereocenters. The van der Waals surface area contributed by atoms with Crippen molar-refractivity contribution in [2.75, 3.05) is 0 Å². The fraction of sp³-hybridized carbons (Fsp3) is 1.00. The lowest BCUT2D eigenvalue weighted by atomic mass is 10.0. The summed E-state index contributed by atoms with van der Waals surface area (Å²) in [5, 5.41) is 0. The summed E-state index contributed by atoms with van der Waals surface area (Å²) < 4.78 is 86.7. The van der Waals surface area contributed by atoms with Crippen LogP contribution in [0.3, 0.4) is 0 Å². The Kier molecular flexibility index (Phi) is 6.26. The summed E-state index contributed by atoms with van der Waals surface area (Å²) in [6.45, 7) is 1.83. The zero-order valence-electron chi connectivity index (χ0n) is 9.34. The number of hydrogen-bond donors (Lipinski definition) is 0. The Morgan fingerprint density at radius 2 is 1.35 bits per heavy atom. The van der Waals surface area contributed by atoms with Crippen molar-refractivity contribution < 1.29 is 30.7 Å². The minimum absolute atomic E-state index is 0.0239. The van der Waals surface area contributed by atoms with Crippen LogP contribution in [-0.2, 0) is 0 Å². The molecule has 0 N–H and O–H groups in total. The van der Waals surface area contributed by atoms with E-state index >= 15 is 0 Å². The molecule has 0 bridgehead atoms. The van der Waals surface area contributed by atoms with E-state index in [0.29, 0.717) is 12.8 Å². The van der Waals surface area contributed by atoms with Crippen molar-refractivity contribution in [3.63, 3.8) is 0 Å². The van der Waals surface area contributed by atoms with Gasteiger partial charge in [0, 0.05) is 0 Å². The summed E-state index contributed by atoms with van der Waals surface area (Å²) in [5.41, 5.74) is 0. The van der Waals surface area contributed by atoms with Crippen molar-refractivity contribution in [3.8, 4) is 0 Å². The molecule has 0 amide bonds. The van der Waals surface area contributed by atoms with Crippen LogP contribution < -0.4 is 0 Å². The van der Waals surface area contributed by atoms with Crippen LogP contribution in [0.15, 0.2) is 0 Å². The third kappa shape index (κ3) is 4.03. The first-order chi connectivity index (χ1) is 7.67. The van der Waals surface area contributed by atoms with Crippen LogP contribution in [-0.4, -0.2) is 24.4 Å². The second-order valence-electron chi connectivity index (χ2n) is 3.86. The molecule has 7 heteroatoms.